The summed E-state index contributed by atoms with van der Waals surface area (Å²) in [6.45, 7) is 56.5. The van der Waals surface area contributed by atoms with Gasteiger partial charge in [-0.25, -0.2) is 0 Å². The van der Waals surface area contributed by atoms with Crippen LogP contribution >= 0.6 is 0 Å². The Morgan fingerprint density at radius 3 is 0.434 bits per heavy atom. The van der Waals surface area contributed by atoms with Crippen LogP contribution in [0.15, 0.2) is 0 Å². The first-order valence-corrected chi connectivity index (χ1v) is 60.1. The molecule has 0 radical (unpaired) electrons. The second-order valence-electron chi connectivity index (χ2n) is 48.2. The van der Waals surface area contributed by atoms with Gasteiger partial charge >= 0.3 is 0 Å². The number of hydrogen-bond donors (Lipinski definition) is 0. The Kier molecular flexibility index (Phi) is 74.0. The standard InChI is InChI=1S/C10H18O.5C9H16O.4C8H14O.4C7H12O.2C6H10O/c1-3-5-9-7-10(11)6-8(9)4-2;2*1-3-4-8-6-9(10)5-7(8)2;3*1-3-7-5-9(10)6-8(7)4-2;2*1-3-7-5-8(9)4-6(7)2;2*1-2-3-7-4-5-8(9)6-7;2*1-5-3-7(8)4-6(5)2;2*1-2-6-3-4-7(8)5-6;2*1-5-2-3-6(7)4-5/h8-9H,3-7H2,1-2H3;5*7-8H,3-6H2,1-2H3;2*6-7H,3-5H2,1-2H3;2*7H,2-6H2,1H3;2*5-6H,3-4H2,1-2H3;2*6H,2-5H2,1H3;2*5H,2-4H2,1H3/t8-,9-;5*7-,8-;2*6-,7-;2*7-;2*5-,6-;2*6-;2*5-/m0101101010101010/s1. The van der Waals surface area contributed by atoms with Crippen LogP contribution in [-0.4, -0.2) is 92.5 Å². The minimum Gasteiger partial charge on any atom is -0.300 e. The maximum absolute atomic E-state index is 11.1. The van der Waals surface area contributed by atoms with E-state index in [0.29, 0.717) is 217 Å². The zero-order chi connectivity index (χ0) is 108. The normalized spacial score (nSPS) is 32.6. The molecule has 826 valence electrons. The van der Waals surface area contributed by atoms with Crippen molar-refractivity contribution < 1.29 is 76.7 Å². The van der Waals surface area contributed by atoms with Crippen molar-refractivity contribution in [3.63, 3.8) is 0 Å². The smallest absolute Gasteiger partial charge is 0.133 e. The fourth-order valence-corrected chi connectivity index (χ4v) is 25.1. The third-order valence-electron chi connectivity index (χ3n) is 35.7. The summed E-state index contributed by atoms with van der Waals surface area (Å²) in [5, 5.41) is 0. The van der Waals surface area contributed by atoms with Crippen molar-refractivity contribution in [2.45, 2.75) is 559 Å². The Morgan fingerprint density at radius 1 is 0.140 bits per heavy atom. The number of ketones is 16. The summed E-state index contributed by atoms with van der Waals surface area (Å²) in [5.41, 5.74) is 0. The molecule has 0 aromatic rings. The molecular weight excluding hydrogens is 1780 g/mol. The molecule has 16 aliphatic carbocycles. The third-order valence-corrected chi connectivity index (χ3v) is 35.7. The summed E-state index contributed by atoms with van der Waals surface area (Å²) in [7, 11) is 0. The molecule has 16 rings (SSSR count). The molecule has 0 aromatic heterocycles. The predicted molar refractivity (Wildman–Crippen MR) is 591 cm³/mol. The monoisotopic (exact) mass is 2000 g/mol. The Morgan fingerprint density at radius 2 is 0.301 bits per heavy atom. The Bertz CT molecular complexity index is 3360. The molecule has 0 unspecified atom stereocenters. The quantitative estimate of drug-likeness (QED) is 0.103. The zero-order valence-electron chi connectivity index (χ0n) is 97.3. The van der Waals surface area contributed by atoms with Crippen LogP contribution in [0.25, 0.3) is 0 Å². The molecular formula is C127H222O16. The molecule has 16 heteroatoms. The number of carbonyl (C=O) groups excluding carboxylic acids is 16. The Balaban J connectivity index is 0.000000764. The summed E-state index contributed by atoms with van der Waals surface area (Å²) < 4.78 is 0. The van der Waals surface area contributed by atoms with Crippen LogP contribution in [-0.2, 0) is 76.7 Å². The number of rotatable bonds is 21. The topological polar surface area (TPSA) is 273 Å². The predicted octanol–water partition coefficient (Wildman–Crippen LogP) is 32.7. The van der Waals surface area contributed by atoms with Gasteiger partial charge in [-0.3, -0.25) is 76.7 Å². The SMILES string of the molecule is CCC[C@@H]1CC(=O)C[C@H]1C.CCC[C@@H]1CCC(=O)C1.CCC[C@H]1CC(=O)C[C@@H]1C.CCC[C@H]1CC(=O)C[C@@H]1CC.CCC[C@H]1CCC(=O)C1.CC[C@@H]1CC(=O)C[C@H]1C.CC[C@@H]1CC(=O)C[C@H]1CC.CC[C@@H]1CC(=O)C[C@H]1CC.CC[C@@H]1CCC(=O)C1.CC[C@H]1CC(=O)C[C@@H]1C.CC[C@H]1CC(=O)C[C@@H]1CC.CC[C@H]1CCC(=O)C1.C[C@@H]1CC(=O)C[C@H]1C.C[C@@H]1CCC(=O)C1.C[C@H]1CC(=O)C[C@@H]1C.C[C@H]1CCC(=O)C1. The molecule has 16 saturated carbocycles. The average Bonchev–Trinajstić information content (AvgIpc) is 1.74. The highest BCUT2D eigenvalue weighted by Gasteiger charge is 2.37. The zero-order valence-corrected chi connectivity index (χ0v) is 97.3. The fraction of sp³-hybridized carbons (Fsp3) is 0.874. The van der Waals surface area contributed by atoms with Crippen LogP contribution < -0.4 is 0 Å². The van der Waals surface area contributed by atoms with Gasteiger partial charge in [0.1, 0.15) is 92.5 Å². The van der Waals surface area contributed by atoms with E-state index in [1.807, 2.05) is 0 Å². The van der Waals surface area contributed by atoms with Gasteiger partial charge in [-0.05, 0) is 192 Å². The van der Waals surface area contributed by atoms with Gasteiger partial charge in [0.15, 0.2) is 0 Å². The largest absolute Gasteiger partial charge is 0.300 e. The highest BCUT2D eigenvalue weighted by molar-refractivity contribution is 5.87. The first-order chi connectivity index (χ1) is 67.8. The van der Waals surface area contributed by atoms with E-state index in [4.69, 9.17) is 0 Å². The molecule has 0 saturated heterocycles. The molecule has 0 aromatic carbocycles. The van der Waals surface area contributed by atoms with Crippen molar-refractivity contribution in [2.24, 2.45) is 154 Å². The minimum absolute atomic E-state index is 0.449. The molecule has 0 spiro atoms. The van der Waals surface area contributed by atoms with Crippen LogP contribution in [0.1, 0.15) is 559 Å². The molecule has 0 heterocycles. The van der Waals surface area contributed by atoms with Gasteiger partial charge < -0.3 is 0 Å². The van der Waals surface area contributed by atoms with Crippen LogP contribution in [0.3, 0.4) is 0 Å². The lowest BCUT2D eigenvalue weighted by Gasteiger charge is -2.14. The second-order valence-corrected chi connectivity index (χ2v) is 48.2. The molecule has 16 nitrogen and oxygen atoms in total. The third kappa shape index (κ3) is 58.6. The fourth-order valence-electron chi connectivity index (χ4n) is 25.1. The van der Waals surface area contributed by atoms with E-state index in [1.165, 1.54) is 135 Å². The summed E-state index contributed by atoms with van der Waals surface area (Å²) in [6.07, 6.45) is 59.4. The minimum atomic E-state index is 0.449. The van der Waals surface area contributed by atoms with Crippen molar-refractivity contribution in [1.29, 1.82) is 0 Å². The molecule has 16 fully saturated rings. The van der Waals surface area contributed by atoms with E-state index in [9.17, 15) is 76.7 Å². The van der Waals surface area contributed by atoms with Crippen LogP contribution in [0, 0.1) is 154 Å². The van der Waals surface area contributed by atoms with Gasteiger partial charge in [0, 0.05) is 205 Å². The maximum Gasteiger partial charge on any atom is 0.133 e. The van der Waals surface area contributed by atoms with Crippen molar-refractivity contribution in [3.05, 3.63) is 0 Å². The Labute approximate surface area is 876 Å². The summed E-state index contributed by atoms with van der Waals surface area (Å²) in [4.78, 5) is 172. The van der Waals surface area contributed by atoms with Gasteiger partial charge in [0.2, 0.25) is 0 Å². The van der Waals surface area contributed by atoms with Crippen LogP contribution in [0.4, 0.5) is 0 Å². The first-order valence-electron chi connectivity index (χ1n) is 60.1. The molecule has 0 aliphatic heterocycles. The molecule has 143 heavy (non-hydrogen) atoms. The summed E-state index contributed by atoms with van der Waals surface area (Å²) in [6, 6.07) is 0. The molecule has 0 bridgehead atoms. The van der Waals surface area contributed by atoms with Crippen LogP contribution in [0.2, 0.25) is 0 Å². The number of Topliss-reactive ketones (excluding diaryl/α,β-unsaturated/α-hetero) is 16. The summed E-state index contributed by atoms with van der Waals surface area (Å²) in [5.74, 6) is 25.5. The lowest BCUT2D eigenvalue weighted by molar-refractivity contribution is -0.118. The summed E-state index contributed by atoms with van der Waals surface area (Å²) >= 11 is 0. The van der Waals surface area contributed by atoms with Crippen molar-refractivity contribution in [1.82, 2.24) is 0 Å². The van der Waals surface area contributed by atoms with Crippen molar-refractivity contribution >= 4 is 92.5 Å². The van der Waals surface area contributed by atoms with E-state index in [0.717, 1.165) is 274 Å². The van der Waals surface area contributed by atoms with Gasteiger partial charge in [0.05, 0.1) is 0 Å². The van der Waals surface area contributed by atoms with Gasteiger partial charge in [-0.15, -0.1) is 0 Å². The van der Waals surface area contributed by atoms with Gasteiger partial charge in [-0.2, -0.15) is 0 Å². The highest BCUT2D eigenvalue weighted by Crippen LogP contribution is 2.41. The second kappa shape index (κ2) is 78.0. The Hall–Kier alpha value is -5.28. The molecule has 0 amide bonds. The van der Waals surface area contributed by atoms with E-state index < -0.39 is 0 Å². The van der Waals surface area contributed by atoms with Gasteiger partial charge in [-0.1, -0.05) is 315 Å². The number of hydrogen-bond acceptors (Lipinski definition) is 16. The van der Waals surface area contributed by atoms with Crippen molar-refractivity contribution in [3.8, 4) is 0 Å². The van der Waals surface area contributed by atoms with Crippen molar-refractivity contribution in [2.75, 3.05) is 0 Å². The van der Waals surface area contributed by atoms with E-state index >= 15 is 0 Å². The molecule has 26 atom stereocenters. The van der Waals surface area contributed by atoms with E-state index in [-0.39, 0.29) is 0 Å². The van der Waals surface area contributed by atoms with E-state index in [2.05, 4.69) is 180 Å². The van der Waals surface area contributed by atoms with Gasteiger partial charge in [0.25, 0.3) is 0 Å². The highest BCUT2D eigenvalue weighted by atomic mass is 16.2. The first kappa shape index (κ1) is 136. The lowest BCUT2D eigenvalue weighted by Crippen LogP contribution is -2.05. The number of carbonyl (C=O) groups is 16. The molecule has 0 N–H and O–H groups in total. The average molecular weight is 2010 g/mol. The lowest BCUT2D eigenvalue weighted by atomic mass is 9.90. The van der Waals surface area contributed by atoms with E-state index in [1.54, 1.807) is 0 Å². The van der Waals surface area contributed by atoms with Crippen LogP contribution in [0.5, 0.6) is 0 Å². The maximum atomic E-state index is 11.1. The molecule has 16 aliphatic rings.